The van der Waals surface area contributed by atoms with Gasteiger partial charge in [0.25, 0.3) is 0 Å². The fraction of sp³-hybridized carbons (Fsp3) is 0.895. The van der Waals surface area contributed by atoms with E-state index in [1.54, 1.807) is 6.92 Å². The molecule has 5 fully saturated rings. The van der Waals surface area contributed by atoms with Crippen LogP contribution < -0.4 is 0 Å². The fourth-order valence-corrected chi connectivity index (χ4v) is 8.15. The van der Waals surface area contributed by atoms with Crippen LogP contribution in [0.2, 0.25) is 0 Å². The van der Waals surface area contributed by atoms with Gasteiger partial charge in [-0.15, -0.1) is 0 Å². The number of aliphatic hydroxyl groups is 2. The number of carbonyl (C=O) groups is 2. The molecule has 1 saturated heterocycles. The van der Waals surface area contributed by atoms with E-state index >= 15 is 0 Å². The molecule has 25 heavy (non-hydrogen) atoms. The van der Waals surface area contributed by atoms with Gasteiger partial charge in [-0.05, 0) is 56.3 Å². The van der Waals surface area contributed by atoms with Crippen molar-refractivity contribution >= 4 is 11.9 Å². The van der Waals surface area contributed by atoms with E-state index < -0.39 is 52.4 Å². The molecule has 1 unspecified atom stereocenters. The number of ether oxygens (including phenoxy) is 1. The molecule has 1 heterocycles. The minimum Gasteiger partial charge on any atom is -0.481 e. The third-order valence-corrected chi connectivity index (χ3v) is 8.84. The van der Waals surface area contributed by atoms with Gasteiger partial charge in [-0.3, -0.25) is 9.59 Å². The SMILES string of the molecule is C[C@H]1C[C@]23C[C@H]1C[C@H](O)C2[C@]12CC[C@H](O)[C@](C)(C(=O)O1)[C@H]2[C@@H]3C(=O)O. The molecule has 6 nitrogen and oxygen atoms in total. The van der Waals surface area contributed by atoms with Crippen LogP contribution in [-0.4, -0.2) is 45.1 Å². The Hall–Kier alpha value is -1.14. The molecular formula is C19H26O6. The predicted molar refractivity (Wildman–Crippen MR) is 85.2 cm³/mol. The molecule has 138 valence electrons. The minimum absolute atomic E-state index is 0.328. The van der Waals surface area contributed by atoms with Gasteiger partial charge in [0.2, 0.25) is 0 Å². The van der Waals surface area contributed by atoms with E-state index in [2.05, 4.69) is 6.92 Å². The highest BCUT2D eigenvalue weighted by Crippen LogP contribution is 2.77. The second-order valence-electron chi connectivity index (χ2n) is 9.63. The van der Waals surface area contributed by atoms with Gasteiger partial charge in [-0.2, -0.15) is 0 Å². The van der Waals surface area contributed by atoms with E-state index in [9.17, 15) is 24.9 Å². The lowest BCUT2D eigenvalue weighted by Crippen LogP contribution is -2.54. The van der Waals surface area contributed by atoms with Crippen molar-refractivity contribution in [2.24, 2.45) is 40.4 Å². The summed E-state index contributed by atoms with van der Waals surface area (Å²) in [5.74, 6) is -2.32. The van der Waals surface area contributed by atoms with Crippen LogP contribution in [0.3, 0.4) is 0 Å². The van der Waals surface area contributed by atoms with Gasteiger partial charge in [0.1, 0.15) is 5.60 Å². The van der Waals surface area contributed by atoms with Crippen LogP contribution in [0.25, 0.3) is 0 Å². The second-order valence-corrected chi connectivity index (χ2v) is 9.63. The number of rotatable bonds is 1. The molecule has 4 saturated carbocycles. The maximum absolute atomic E-state index is 12.8. The van der Waals surface area contributed by atoms with Crippen LogP contribution in [0.4, 0.5) is 0 Å². The van der Waals surface area contributed by atoms with Crippen LogP contribution in [-0.2, 0) is 14.3 Å². The number of carboxylic acids is 1. The van der Waals surface area contributed by atoms with E-state index in [-0.39, 0.29) is 5.92 Å². The lowest BCUT2D eigenvalue weighted by molar-refractivity contribution is -0.169. The molecule has 4 aliphatic carbocycles. The van der Waals surface area contributed by atoms with Crippen molar-refractivity contribution in [3.63, 3.8) is 0 Å². The van der Waals surface area contributed by atoms with Gasteiger partial charge in [0, 0.05) is 11.8 Å². The number of carbonyl (C=O) groups excluding carboxylic acids is 1. The maximum atomic E-state index is 12.8. The van der Waals surface area contributed by atoms with Crippen molar-refractivity contribution in [1.29, 1.82) is 0 Å². The number of hydrogen-bond acceptors (Lipinski definition) is 5. The highest BCUT2D eigenvalue weighted by molar-refractivity contribution is 5.85. The van der Waals surface area contributed by atoms with E-state index in [0.29, 0.717) is 31.1 Å². The summed E-state index contributed by atoms with van der Waals surface area (Å²) in [7, 11) is 0. The summed E-state index contributed by atoms with van der Waals surface area (Å²) in [4.78, 5) is 25.2. The zero-order valence-electron chi connectivity index (χ0n) is 14.6. The molecule has 5 rings (SSSR count). The van der Waals surface area contributed by atoms with Gasteiger partial charge < -0.3 is 20.1 Å². The van der Waals surface area contributed by atoms with Gasteiger partial charge in [-0.25, -0.2) is 0 Å². The maximum Gasteiger partial charge on any atom is 0.315 e. The second kappa shape index (κ2) is 4.39. The van der Waals surface area contributed by atoms with Crippen molar-refractivity contribution in [2.45, 2.75) is 63.8 Å². The molecule has 0 aromatic heterocycles. The Morgan fingerprint density at radius 1 is 1.24 bits per heavy atom. The number of fused-ring (bicyclic) bond motifs is 1. The first kappa shape index (κ1) is 16.1. The van der Waals surface area contributed by atoms with Crippen LogP contribution in [0.1, 0.15) is 46.0 Å². The summed E-state index contributed by atoms with van der Waals surface area (Å²) in [5.41, 5.74) is -2.64. The number of esters is 1. The molecule has 10 atom stereocenters. The Kier molecular flexibility index (Phi) is 2.82. The van der Waals surface area contributed by atoms with Gasteiger partial charge in [-0.1, -0.05) is 6.92 Å². The zero-order valence-corrected chi connectivity index (χ0v) is 14.6. The fourth-order valence-electron chi connectivity index (χ4n) is 8.15. The molecule has 3 N–H and O–H groups in total. The number of aliphatic hydroxyl groups excluding tert-OH is 2. The minimum atomic E-state index is -1.19. The van der Waals surface area contributed by atoms with E-state index in [4.69, 9.17) is 4.74 Å². The summed E-state index contributed by atoms with van der Waals surface area (Å²) in [6.07, 6.45) is 1.56. The summed E-state index contributed by atoms with van der Waals surface area (Å²) in [6, 6.07) is 0. The smallest absolute Gasteiger partial charge is 0.315 e. The average molecular weight is 350 g/mol. The highest BCUT2D eigenvalue weighted by Gasteiger charge is 2.84. The van der Waals surface area contributed by atoms with Crippen molar-refractivity contribution in [3.8, 4) is 0 Å². The van der Waals surface area contributed by atoms with E-state index in [1.807, 2.05) is 0 Å². The number of aliphatic carboxylic acids is 1. The third-order valence-electron chi connectivity index (χ3n) is 8.84. The Bertz CT molecular complexity index is 673. The molecule has 1 aliphatic heterocycles. The number of hydrogen-bond donors (Lipinski definition) is 3. The van der Waals surface area contributed by atoms with Crippen LogP contribution in [0.15, 0.2) is 0 Å². The molecule has 0 amide bonds. The first-order valence-corrected chi connectivity index (χ1v) is 9.51. The largest absolute Gasteiger partial charge is 0.481 e. The Balaban J connectivity index is 1.77. The van der Waals surface area contributed by atoms with Crippen molar-refractivity contribution in [2.75, 3.05) is 0 Å². The quantitative estimate of drug-likeness (QED) is 0.614. The summed E-state index contributed by atoms with van der Waals surface area (Å²) in [6.45, 7) is 3.83. The molecule has 0 aromatic rings. The Morgan fingerprint density at radius 2 is 1.96 bits per heavy atom. The summed E-state index contributed by atoms with van der Waals surface area (Å²) >= 11 is 0. The normalized spacial score (nSPS) is 61.6. The molecule has 4 bridgehead atoms. The number of carboxylic acid groups (broad SMARTS) is 1. The summed E-state index contributed by atoms with van der Waals surface area (Å²) < 4.78 is 5.95. The molecule has 6 heteroatoms. The molecule has 0 radical (unpaired) electrons. The highest BCUT2D eigenvalue weighted by atomic mass is 16.6. The zero-order chi connectivity index (χ0) is 17.9. The van der Waals surface area contributed by atoms with E-state index in [0.717, 1.165) is 12.8 Å². The van der Waals surface area contributed by atoms with Gasteiger partial charge in [0.05, 0.1) is 23.5 Å². The van der Waals surface area contributed by atoms with Gasteiger partial charge >= 0.3 is 11.9 Å². The summed E-state index contributed by atoms with van der Waals surface area (Å²) in [5, 5.41) is 31.8. The van der Waals surface area contributed by atoms with Crippen molar-refractivity contribution in [3.05, 3.63) is 0 Å². The topological polar surface area (TPSA) is 104 Å². The molecular weight excluding hydrogens is 324 g/mol. The molecule has 5 aliphatic rings. The van der Waals surface area contributed by atoms with Crippen LogP contribution >= 0.6 is 0 Å². The van der Waals surface area contributed by atoms with Crippen molar-refractivity contribution < 1.29 is 29.6 Å². The average Bonchev–Trinajstić information content (AvgIpc) is 2.99. The van der Waals surface area contributed by atoms with E-state index in [1.165, 1.54) is 0 Å². The first-order chi connectivity index (χ1) is 11.7. The van der Waals surface area contributed by atoms with Crippen LogP contribution in [0, 0.1) is 40.4 Å². The van der Waals surface area contributed by atoms with Crippen molar-refractivity contribution in [1.82, 2.24) is 0 Å². The van der Waals surface area contributed by atoms with Gasteiger partial charge in [0.15, 0.2) is 0 Å². The standard InChI is InChI=1S/C19H26O6/c1-8-6-18-7-9(8)5-10(20)13(18)19-4-3-11(21)17(2,16(24)25-19)14(19)12(18)15(22)23/h8-14,20-21H,3-7H2,1-2H3,(H,22,23)/t8-,9+,10-,11-,12+,13?,14+,17-,18+,19-/m0/s1. The first-order valence-electron chi connectivity index (χ1n) is 9.51. The Labute approximate surface area is 146 Å². The molecule has 1 spiro atoms. The monoisotopic (exact) mass is 350 g/mol. The van der Waals surface area contributed by atoms with Crippen LogP contribution in [0.5, 0.6) is 0 Å². The Morgan fingerprint density at radius 3 is 2.64 bits per heavy atom. The molecule has 0 aromatic carbocycles. The lowest BCUT2D eigenvalue weighted by atomic mass is 9.59. The predicted octanol–water partition coefficient (Wildman–Crippen LogP) is 1.19. The lowest BCUT2D eigenvalue weighted by Gasteiger charge is -2.47. The third kappa shape index (κ3) is 1.48.